The van der Waals surface area contributed by atoms with Crippen molar-refractivity contribution >= 4 is 23.8 Å². The highest BCUT2D eigenvalue weighted by Gasteiger charge is 2.31. The lowest BCUT2D eigenvalue weighted by molar-refractivity contribution is -0.139. The number of para-hydroxylation sites is 1. The van der Waals surface area contributed by atoms with Crippen LogP contribution in [0.1, 0.15) is 43.4 Å². The minimum Gasteiger partial charge on any atom is -0.480 e. The molecule has 0 aromatic heterocycles. The van der Waals surface area contributed by atoms with Crippen LogP contribution in [-0.2, 0) is 20.7 Å². The second-order valence-electron chi connectivity index (χ2n) is 11.6. The molecule has 2 amide bonds. The quantitative estimate of drug-likeness (QED) is 0.397. The van der Waals surface area contributed by atoms with Crippen molar-refractivity contribution in [3.63, 3.8) is 0 Å². The number of alkyl carbamates (subject to hydrolysis) is 1. The van der Waals surface area contributed by atoms with E-state index in [1.54, 1.807) is 4.90 Å². The van der Waals surface area contributed by atoms with Crippen molar-refractivity contribution in [2.24, 2.45) is 0 Å². The predicted octanol–water partition coefficient (Wildman–Crippen LogP) is 5.28. The first-order valence-corrected chi connectivity index (χ1v) is 14.3. The number of anilines is 1. The van der Waals surface area contributed by atoms with Gasteiger partial charge in [0.05, 0.1) is 0 Å². The molecule has 3 aromatic rings. The molecule has 0 saturated carbocycles. The Morgan fingerprint density at radius 2 is 1.45 bits per heavy atom. The lowest BCUT2D eigenvalue weighted by atomic mass is 9.98. The summed E-state index contributed by atoms with van der Waals surface area (Å²) in [6, 6.07) is 22.5. The topological polar surface area (TPSA) is 108 Å². The van der Waals surface area contributed by atoms with Crippen LogP contribution in [0.25, 0.3) is 11.1 Å². The largest absolute Gasteiger partial charge is 0.480 e. The van der Waals surface area contributed by atoms with Gasteiger partial charge < -0.3 is 29.7 Å². The average Bonchev–Trinajstić information content (AvgIpc) is 3.29. The third kappa shape index (κ3) is 6.51. The molecule has 220 valence electrons. The number of carbonyl (C=O) groups excluding carboxylic acids is 2. The molecule has 1 fully saturated rings. The van der Waals surface area contributed by atoms with Crippen molar-refractivity contribution in [3.8, 4) is 11.1 Å². The minimum absolute atomic E-state index is 0.0853. The molecule has 1 unspecified atom stereocenters. The molecule has 9 heteroatoms. The van der Waals surface area contributed by atoms with Gasteiger partial charge in [0.25, 0.3) is 0 Å². The molecule has 42 heavy (non-hydrogen) atoms. The van der Waals surface area contributed by atoms with Gasteiger partial charge in [0.2, 0.25) is 0 Å². The summed E-state index contributed by atoms with van der Waals surface area (Å²) < 4.78 is 11.1. The summed E-state index contributed by atoms with van der Waals surface area (Å²) >= 11 is 0. The van der Waals surface area contributed by atoms with Crippen molar-refractivity contribution in [2.45, 2.75) is 44.8 Å². The van der Waals surface area contributed by atoms with E-state index in [0.29, 0.717) is 26.2 Å². The van der Waals surface area contributed by atoms with Crippen molar-refractivity contribution in [2.75, 3.05) is 37.7 Å². The van der Waals surface area contributed by atoms with Gasteiger partial charge in [0.15, 0.2) is 0 Å². The Morgan fingerprint density at radius 1 is 0.881 bits per heavy atom. The van der Waals surface area contributed by atoms with Crippen LogP contribution < -0.4 is 10.2 Å². The van der Waals surface area contributed by atoms with E-state index >= 15 is 0 Å². The SMILES string of the molecule is CC(C)(C)OC(=O)N1CCN(c2ccccc2CC(NC(=O)OCC2c3ccccc3-c3ccccc32)C(=O)O)CC1. The summed E-state index contributed by atoms with van der Waals surface area (Å²) in [5, 5.41) is 12.5. The van der Waals surface area contributed by atoms with Crippen LogP contribution in [0.15, 0.2) is 72.8 Å². The van der Waals surface area contributed by atoms with E-state index in [2.05, 4.69) is 22.3 Å². The third-order valence-corrected chi connectivity index (χ3v) is 7.62. The zero-order chi connectivity index (χ0) is 29.9. The molecule has 0 spiro atoms. The first kappa shape index (κ1) is 29.0. The monoisotopic (exact) mass is 571 g/mol. The van der Waals surface area contributed by atoms with Crippen LogP contribution in [0.5, 0.6) is 0 Å². The number of aliphatic carboxylic acids is 1. The molecular formula is C33H37N3O6. The number of hydrogen-bond donors (Lipinski definition) is 2. The molecule has 1 aliphatic heterocycles. The molecule has 1 saturated heterocycles. The van der Waals surface area contributed by atoms with E-state index in [9.17, 15) is 19.5 Å². The fraction of sp³-hybridized carbons (Fsp3) is 0.364. The highest BCUT2D eigenvalue weighted by Crippen LogP contribution is 2.44. The molecule has 0 bridgehead atoms. The molecule has 2 aliphatic rings. The van der Waals surface area contributed by atoms with Crippen LogP contribution in [0, 0.1) is 0 Å². The zero-order valence-corrected chi connectivity index (χ0v) is 24.2. The number of nitrogens with zero attached hydrogens (tertiary/aromatic N) is 2. The van der Waals surface area contributed by atoms with Gasteiger partial charge in [-0.15, -0.1) is 0 Å². The van der Waals surface area contributed by atoms with Gasteiger partial charge in [-0.1, -0.05) is 66.7 Å². The van der Waals surface area contributed by atoms with E-state index < -0.39 is 23.7 Å². The Morgan fingerprint density at radius 3 is 2.05 bits per heavy atom. The molecule has 1 atom stereocenters. The normalized spacial score (nSPS) is 15.4. The number of carboxylic acid groups (broad SMARTS) is 1. The highest BCUT2D eigenvalue weighted by molar-refractivity contribution is 5.81. The maximum Gasteiger partial charge on any atom is 0.410 e. The molecular weight excluding hydrogens is 534 g/mol. The van der Waals surface area contributed by atoms with E-state index in [-0.39, 0.29) is 25.0 Å². The van der Waals surface area contributed by atoms with Gasteiger partial charge in [0, 0.05) is 44.2 Å². The van der Waals surface area contributed by atoms with Crippen molar-refractivity contribution < 1.29 is 29.0 Å². The van der Waals surface area contributed by atoms with Crippen molar-refractivity contribution in [1.29, 1.82) is 0 Å². The number of amides is 2. The molecule has 5 rings (SSSR count). The fourth-order valence-electron chi connectivity index (χ4n) is 5.65. The molecule has 1 aliphatic carbocycles. The molecule has 3 aromatic carbocycles. The van der Waals surface area contributed by atoms with Crippen molar-refractivity contribution in [1.82, 2.24) is 10.2 Å². The van der Waals surface area contributed by atoms with E-state index in [1.807, 2.05) is 81.4 Å². The zero-order valence-electron chi connectivity index (χ0n) is 24.2. The van der Waals surface area contributed by atoms with E-state index in [0.717, 1.165) is 33.5 Å². The number of rotatable bonds is 7. The third-order valence-electron chi connectivity index (χ3n) is 7.62. The number of benzene rings is 3. The summed E-state index contributed by atoms with van der Waals surface area (Å²) in [6.45, 7) is 7.76. The van der Waals surface area contributed by atoms with Crippen LogP contribution in [-0.4, -0.2) is 72.6 Å². The Hall–Kier alpha value is -4.53. The van der Waals surface area contributed by atoms with E-state index in [4.69, 9.17) is 9.47 Å². The standard InChI is InChI=1S/C33H37N3O6/c1-33(2,3)42-32(40)36-18-16-35(17-19-36)29-15-9-4-10-22(29)20-28(30(37)38)34-31(39)41-21-27-25-13-7-5-11-23(25)24-12-6-8-14-26(24)27/h4-15,27-28H,16-21H2,1-3H3,(H,34,39)(H,37,38). The molecule has 9 nitrogen and oxygen atoms in total. The minimum atomic E-state index is -1.18. The Bertz CT molecular complexity index is 1410. The van der Waals surface area contributed by atoms with Crippen LogP contribution in [0.4, 0.5) is 15.3 Å². The fourth-order valence-corrected chi connectivity index (χ4v) is 5.65. The Labute approximate surface area is 246 Å². The number of hydrogen-bond acceptors (Lipinski definition) is 6. The van der Waals surface area contributed by atoms with Gasteiger partial charge in [-0.25, -0.2) is 14.4 Å². The van der Waals surface area contributed by atoms with Gasteiger partial charge in [-0.2, -0.15) is 0 Å². The Kier molecular flexibility index (Phi) is 8.38. The van der Waals surface area contributed by atoms with Crippen LogP contribution in [0.3, 0.4) is 0 Å². The van der Waals surface area contributed by atoms with Gasteiger partial charge in [-0.3, -0.25) is 0 Å². The Balaban J connectivity index is 1.21. The number of piperazine rings is 1. The average molecular weight is 572 g/mol. The summed E-state index contributed by atoms with van der Waals surface area (Å²) in [6.07, 6.45) is -1.02. The maximum atomic E-state index is 12.9. The lowest BCUT2D eigenvalue weighted by Crippen LogP contribution is -2.50. The number of carboxylic acids is 1. The smallest absolute Gasteiger partial charge is 0.410 e. The maximum absolute atomic E-state index is 12.9. The summed E-state index contributed by atoms with van der Waals surface area (Å²) in [5.41, 5.74) is 5.51. The van der Waals surface area contributed by atoms with Gasteiger partial charge >= 0.3 is 18.2 Å². The second kappa shape index (κ2) is 12.1. The predicted molar refractivity (Wildman–Crippen MR) is 160 cm³/mol. The van der Waals surface area contributed by atoms with Crippen molar-refractivity contribution in [3.05, 3.63) is 89.5 Å². The first-order chi connectivity index (χ1) is 20.1. The van der Waals surface area contributed by atoms with Crippen LogP contribution in [0.2, 0.25) is 0 Å². The second-order valence-corrected chi connectivity index (χ2v) is 11.6. The molecule has 2 N–H and O–H groups in total. The van der Waals surface area contributed by atoms with Crippen LogP contribution >= 0.6 is 0 Å². The number of ether oxygens (including phenoxy) is 2. The van der Waals surface area contributed by atoms with Gasteiger partial charge in [0.1, 0.15) is 18.2 Å². The number of carbonyl (C=O) groups is 3. The lowest BCUT2D eigenvalue weighted by Gasteiger charge is -2.37. The van der Waals surface area contributed by atoms with Gasteiger partial charge in [-0.05, 0) is 54.7 Å². The highest BCUT2D eigenvalue weighted by atomic mass is 16.6. The summed E-state index contributed by atoms with van der Waals surface area (Å²) in [5.74, 6) is -1.26. The summed E-state index contributed by atoms with van der Waals surface area (Å²) in [4.78, 5) is 41.3. The molecule has 0 radical (unpaired) electrons. The first-order valence-electron chi connectivity index (χ1n) is 14.3. The summed E-state index contributed by atoms with van der Waals surface area (Å²) in [7, 11) is 0. The van der Waals surface area contributed by atoms with E-state index in [1.165, 1.54) is 0 Å². The number of nitrogens with one attached hydrogen (secondary N) is 1. The molecule has 1 heterocycles. The number of fused-ring (bicyclic) bond motifs is 3.